The van der Waals surface area contributed by atoms with Gasteiger partial charge in [0.05, 0.1) is 11.6 Å². The molecule has 0 spiro atoms. The number of carbonyl (C=O) groups excluding carboxylic acids is 2. The first kappa shape index (κ1) is 16.4. The number of amides is 2. The molecule has 0 aliphatic carbocycles. The van der Waals surface area contributed by atoms with Crippen molar-refractivity contribution in [2.24, 2.45) is 0 Å². The Morgan fingerprint density at radius 3 is 2.55 bits per heavy atom. The van der Waals surface area contributed by atoms with Gasteiger partial charge in [-0.3, -0.25) is 4.79 Å². The molecule has 2 amide bonds. The second-order valence-electron chi connectivity index (χ2n) is 5.56. The Hall–Kier alpha value is -2.01. The van der Waals surface area contributed by atoms with Crippen molar-refractivity contribution in [3.05, 3.63) is 39.6 Å². The largest absolute Gasteiger partial charge is 0.414 e. The van der Waals surface area contributed by atoms with Crippen molar-refractivity contribution in [2.45, 2.75) is 26.8 Å². The first-order valence-corrected chi connectivity index (χ1v) is 7.32. The molecule has 1 N–H and O–H groups in total. The van der Waals surface area contributed by atoms with Gasteiger partial charge in [-0.25, -0.2) is 4.79 Å². The molecule has 0 radical (unpaired) electrons. The number of nitrogens with one attached hydrogen (secondary N) is 1. The van der Waals surface area contributed by atoms with E-state index in [1.54, 1.807) is 27.1 Å². The minimum atomic E-state index is -0.530. The van der Waals surface area contributed by atoms with E-state index in [0.29, 0.717) is 21.9 Å². The van der Waals surface area contributed by atoms with E-state index in [2.05, 4.69) is 5.32 Å². The van der Waals surface area contributed by atoms with Crippen LogP contribution < -0.4 is 5.32 Å². The van der Waals surface area contributed by atoms with Crippen molar-refractivity contribution >= 4 is 29.2 Å². The lowest BCUT2D eigenvalue weighted by Crippen LogP contribution is -2.29. The maximum absolute atomic E-state index is 12.3. The monoisotopic (exact) mass is 322 g/mol. The molecule has 118 valence electrons. The molecule has 1 heterocycles. The molecule has 1 atom stereocenters. The highest BCUT2D eigenvalue weighted by Crippen LogP contribution is 2.35. The Labute approximate surface area is 134 Å². The first-order valence-electron chi connectivity index (χ1n) is 6.94. The van der Waals surface area contributed by atoms with Crippen molar-refractivity contribution < 1.29 is 14.3 Å². The molecular formula is C16H19ClN2O3. The maximum atomic E-state index is 12.3. The number of hydrogen-bond acceptors (Lipinski definition) is 3. The highest BCUT2D eigenvalue weighted by molar-refractivity contribution is 6.36. The summed E-state index contributed by atoms with van der Waals surface area (Å²) in [5.74, 6) is 0.0176. The molecule has 6 heteroatoms. The number of aryl methyl sites for hydroxylation is 1. The third-order valence-electron chi connectivity index (χ3n) is 3.71. The number of nitrogens with zero attached hydrogens (tertiary/aromatic N) is 1. The van der Waals surface area contributed by atoms with Gasteiger partial charge in [0.2, 0.25) is 0 Å². The number of rotatable bonds is 2. The van der Waals surface area contributed by atoms with E-state index in [-0.39, 0.29) is 11.9 Å². The second kappa shape index (κ2) is 6.01. The topological polar surface area (TPSA) is 58.6 Å². The number of hydrogen-bond donors (Lipinski definition) is 1. The van der Waals surface area contributed by atoms with Gasteiger partial charge in [-0.2, -0.15) is 0 Å². The summed E-state index contributed by atoms with van der Waals surface area (Å²) in [6, 6.07) is 3.25. The summed E-state index contributed by atoms with van der Waals surface area (Å²) in [7, 11) is 3.17. The van der Waals surface area contributed by atoms with Gasteiger partial charge >= 0.3 is 6.09 Å². The van der Waals surface area contributed by atoms with Gasteiger partial charge in [-0.15, -0.1) is 0 Å². The molecule has 0 saturated heterocycles. The van der Waals surface area contributed by atoms with E-state index in [1.165, 1.54) is 4.90 Å². The van der Waals surface area contributed by atoms with E-state index in [9.17, 15) is 9.59 Å². The summed E-state index contributed by atoms with van der Waals surface area (Å²) in [5.41, 5.74) is 2.85. The highest BCUT2D eigenvalue weighted by Gasteiger charge is 2.35. The third kappa shape index (κ3) is 2.81. The van der Waals surface area contributed by atoms with Crippen molar-refractivity contribution in [1.29, 1.82) is 0 Å². The van der Waals surface area contributed by atoms with Crippen molar-refractivity contribution in [1.82, 2.24) is 10.2 Å². The molecular weight excluding hydrogens is 304 g/mol. The van der Waals surface area contributed by atoms with Crippen LogP contribution in [0.2, 0.25) is 5.02 Å². The summed E-state index contributed by atoms with van der Waals surface area (Å²) >= 11 is 6.29. The average Bonchev–Trinajstić information content (AvgIpc) is 2.70. The molecule has 1 aromatic carbocycles. The fraction of sp³-hybridized carbons (Fsp3) is 0.375. The quantitative estimate of drug-likeness (QED) is 0.910. The molecule has 0 saturated carbocycles. The fourth-order valence-corrected chi connectivity index (χ4v) is 2.61. The van der Waals surface area contributed by atoms with Crippen LogP contribution in [0.15, 0.2) is 17.9 Å². The van der Waals surface area contributed by atoms with Crippen LogP contribution in [0.5, 0.6) is 0 Å². The number of benzene rings is 1. The van der Waals surface area contributed by atoms with Crippen molar-refractivity contribution in [3.8, 4) is 0 Å². The minimum absolute atomic E-state index is 0.287. The van der Waals surface area contributed by atoms with Crippen LogP contribution in [0, 0.1) is 13.8 Å². The Balaban J connectivity index is 2.62. The molecule has 1 aliphatic rings. The lowest BCUT2D eigenvalue weighted by Gasteiger charge is -2.16. The van der Waals surface area contributed by atoms with E-state index in [4.69, 9.17) is 16.3 Å². The van der Waals surface area contributed by atoms with E-state index in [1.807, 2.05) is 19.9 Å². The van der Waals surface area contributed by atoms with Gasteiger partial charge < -0.3 is 15.0 Å². The zero-order chi connectivity index (χ0) is 16.6. The summed E-state index contributed by atoms with van der Waals surface area (Å²) < 4.78 is 5.40. The molecule has 0 fully saturated rings. The fourth-order valence-electron chi connectivity index (χ4n) is 2.31. The van der Waals surface area contributed by atoms with Gasteiger partial charge in [0.15, 0.2) is 0 Å². The molecule has 22 heavy (non-hydrogen) atoms. The molecule has 5 nitrogen and oxygen atoms in total. The second-order valence-corrected chi connectivity index (χ2v) is 5.97. The molecule has 1 aliphatic heterocycles. The standard InChI is InChI=1S/C16H19ClN2O3/c1-8-6-7-11(17)12(9(8)2)13-14(10(3)18-15(13)20)22-16(21)19(4)5/h6-7,10H,1-5H3,(H,18,20). The Kier molecular flexibility index (Phi) is 4.47. The zero-order valence-electron chi connectivity index (χ0n) is 13.3. The van der Waals surface area contributed by atoms with Crippen LogP contribution in [-0.4, -0.2) is 37.0 Å². The van der Waals surface area contributed by atoms with Gasteiger partial charge in [0.25, 0.3) is 5.91 Å². The summed E-state index contributed by atoms with van der Waals surface area (Å²) in [4.78, 5) is 25.5. The maximum Gasteiger partial charge on any atom is 0.414 e. The Morgan fingerprint density at radius 2 is 1.95 bits per heavy atom. The summed E-state index contributed by atoms with van der Waals surface area (Å²) in [5, 5.41) is 3.23. The van der Waals surface area contributed by atoms with E-state index >= 15 is 0 Å². The summed E-state index contributed by atoms with van der Waals surface area (Å²) in [6.07, 6.45) is -0.530. The Bertz CT molecular complexity index is 680. The van der Waals surface area contributed by atoms with E-state index in [0.717, 1.165) is 11.1 Å². The predicted molar refractivity (Wildman–Crippen MR) is 85.6 cm³/mol. The van der Waals surface area contributed by atoms with E-state index < -0.39 is 6.09 Å². The van der Waals surface area contributed by atoms with Gasteiger partial charge in [0.1, 0.15) is 5.76 Å². The first-order chi connectivity index (χ1) is 10.2. The molecule has 0 aromatic heterocycles. The van der Waals surface area contributed by atoms with Crippen molar-refractivity contribution in [2.75, 3.05) is 14.1 Å². The minimum Gasteiger partial charge on any atom is -0.412 e. The zero-order valence-corrected chi connectivity index (χ0v) is 14.0. The van der Waals surface area contributed by atoms with Crippen LogP contribution in [-0.2, 0) is 9.53 Å². The third-order valence-corrected chi connectivity index (χ3v) is 4.03. The molecule has 1 unspecified atom stereocenters. The lowest BCUT2D eigenvalue weighted by molar-refractivity contribution is -0.115. The normalized spacial score (nSPS) is 17.5. The van der Waals surface area contributed by atoms with Crippen LogP contribution in [0.25, 0.3) is 5.57 Å². The molecule has 1 aromatic rings. The SMILES string of the molecule is Cc1ccc(Cl)c(C2=C(OC(=O)N(C)C)C(C)NC2=O)c1C. The predicted octanol–water partition coefficient (Wildman–Crippen LogP) is 2.88. The van der Waals surface area contributed by atoms with Gasteiger partial charge in [-0.05, 0) is 38.0 Å². The molecule has 2 rings (SSSR count). The average molecular weight is 323 g/mol. The summed E-state index contributed by atoms with van der Waals surface area (Å²) in [6.45, 7) is 5.60. The lowest BCUT2D eigenvalue weighted by atomic mass is 9.96. The van der Waals surface area contributed by atoms with Gasteiger partial charge in [-0.1, -0.05) is 17.7 Å². The number of ether oxygens (including phenoxy) is 1. The van der Waals surface area contributed by atoms with Crippen LogP contribution in [0.4, 0.5) is 4.79 Å². The van der Waals surface area contributed by atoms with Crippen LogP contribution in [0.3, 0.4) is 0 Å². The number of carbonyl (C=O) groups is 2. The molecule has 0 bridgehead atoms. The highest BCUT2D eigenvalue weighted by atomic mass is 35.5. The van der Waals surface area contributed by atoms with Crippen LogP contribution in [0.1, 0.15) is 23.6 Å². The van der Waals surface area contributed by atoms with Crippen molar-refractivity contribution in [3.63, 3.8) is 0 Å². The van der Waals surface area contributed by atoms with Gasteiger partial charge in [0, 0.05) is 24.7 Å². The number of halogens is 1. The van der Waals surface area contributed by atoms with Crippen LogP contribution >= 0.6 is 11.6 Å². The Morgan fingerprint density at radius 1 is 1.32 bits per heavy atom. The smallest absolute Gasteiger partial charge is 0.412 e.